The molecule has 3 aliphatic rings. The molecule has 0 aromatic carbocycles. The Morgan fingerprint density at radius 3 is 2.85 bits per heavy atom. The van der Waals surface area contributed by atoms with Crippen molar-refractivity contribution in [1.82, 2.24) is 14.9 Å². The highest BCUT2D eigenvalue weighted by atomic mass is 16.2. The van der Waals surface area contributed by atoms with Crippen molar-refractivity contribution < 1.29 is 4.79 Å². The van der Waals surface area contributed by atoms with E-state index >= 15 is 0 Å². The van der Waals surface area contributed by atoms with E-state index < -0.39 is 0 Å². The van der Waals surface area contributed by atoms with Gasteiger partial charge in [0.15, 0.2) is 0 Å². The standard InChI is InChI=1S/C14H19N5O/c15-11-7-12(17-14(16-11)9-1-2-9)18-5-6-19-10(8-18)3-4-13(19)20/h7,9-10H,1-6,8H2,(H2,15,16,17). The molecule has 1 aromatic heterocycles. The predicted molar refractivity (Wildman–Crippen MR) is 75.4 cm³/mol. The van der Waals surface area contributed by atoms with Gasteiger partial charge in [0, 0.05) is 44.1 Å². The average Bonchev–Trinajstić information content (AvgIpc) is 3.23. The maximum absolute atomic E-state index is 11.7. The fourth-order valence-corrected chi connectivity index (χ4v) is 3.23. The lowest BCUT2D eigenvalue weighted by molar-refractivity contribution is -0.129. The molecule has 106 valence electrons. The number of anilines is 2. The Kier molecular flexibility index (Phi) is 2.58. The number of hydrogen-bond donors (Lipinski definition) is 1. The van der Waals surface area contributed by atoms with Gasteiger partial charge >= 0.3 is 0 Å². The number of piperazine rings is 1. The van der Waals surface area contributed by atoms with Crippen LogP contribution in [0.4, 0.5) is 11.6 Å². The summed E-state index contributed by atoms with van der Waals surface area (Å²) < 4.78 is 0. The van der Waals surface area contributed by atoms with Gasteiger partial charge in [0.1, 0.15) is 17.5 Å². The van der Waals surface area contributed by atoms with Crippen LogP contribution in [-0.2, 0) is 4.79 Å². The number of rotatable bonds is 2. The van der Waals surface area contributed by atoms with Gasteiger partial charge in [-0.3, -0.25) is 4.79 Å². The summed E-state index contributed by atoms with van der Waals surface area (Å²) in [5.41, 5.74) is 5.92. The number of carbonyl (C=O) groups is 1. The quantitative estimate of drug-likeness (QED) is 0.860. The Balaban J connectivity index is 1.57. The van der Waals surface area contributed by atoms with E-state index in [1.807, 2.05) is 11.0 Å². The summed E-state index contributed by atoms with van der Waals surface area (Å²) >= 11 is 0. The van der Waals surface area contributed by atoms with Gasteiger partial charge in [0.05, 0.1) is 0 Å². The van der Waals surface area contributed by atoms with E-state index in [-0.39, 0.29) is 0 Å². The Labute approximate surface area is 118 Å². The van der Waals surface area contributed by atoms with Crippen molar-refractivity contribution in [2.75, 3.05) is 30.3 Å². The summed E-state index contributed by atoms with van der Waals surface area (Å²) in [6.45, 7) is 2.50. The van der Waals surface area contributed by atoms with E-state index in [0.29, 0.717) is 30.1 Å². The van der Waals surface area contributed by atoms with Gasteiger partial charge in [-0.25, -0.2) is 9.97 Å². The molecule has 2 N–H and O–H groups in total. The number of nitrogens with two attached hydrogens (primary N) is 1. The number of amides is 1. The van der Waals surface area contributed by atoms with Crippen LogP contribution in [0.15, 0.2) is 6.07 Å². The van der Waals surface area contributed by atoms with Gasteiger partial charge in [-0.2, -0.15) is 0 Å². The van der Waals surface area contributed by atoms with Crippen molar-refractivity contribution in [3.63, 3.8) is 0 Å². The zero-order valence-electron chi connectivity index (χ0n) is 11.5. The van der Waals surface area contributed by atoms with Crippen molar-refractivity contribution in [3.8, 4) is 0 Å². The molecule has 1 aliphatic carbocycles. The maximum atomic E-state index is 11.7. The third-order valence-electron chi connectivity index (χ3n) is 4.51. The second-order valence-corrected chi connectivity index (χ2v) is 6.01. The van der Waals surface area contributed by atoms with Crippen molar-refractivity contribution >= 4 is 17.5 Å². The SMILES string of the molecule is Nc1cc(N2CCN3C(=O)CCC3C2)nc(C2CC2)n1. The maximum Gasteiger partial charge on any atom is 0.223 e. The highest BCUT2D eigenvalue weighted by Crippen LogP contribution is 2.39. The van der Waals surface area contributed by atoms with Crippen LogP contribution in [0.25, 0.3) is 0 Å². The largest absolute Gasteiger partial charge is 0.384 e. The van der Waals surface area contributed by atoms with Crippen LogP contribution in [-0.4, -0.2) is 46.5 Å². The summed E-state index contributed by atoms with van der Waals surface area (Å²) in [5.74, 6) is 3.19. The van der Waals surface area contributed by atoms with E-state index in [4.69, 9.17) is 5.73 Å². The van der Waals surface area contributed by atoms with Gasteiger partial charge in [-0.05, 0) is 19.3 Å². The summed E-state index contributed by atoms with van der Waals surface area (Å²) in [4.78, 5) is 25.0. The highest BCUT2D eigenvalue weighted by Gasteiger charge is 2.36. The molecule has 6 heteroatoms. The van der Waals surface area contributed by atoms with Crippen molar-refractivity contribution in [2.45, 2.75) is 37.6 Å². The van der Waals surface area contributed by atoms with E-state index in [1.165, 1.54) is 12.8 Å². The molecule has 1 amide bonds. The smallest absolute Gasteiger partial charge is 0.223 e. The number of nitrogen functional groups attached to an aromatic ring is 1. The minimum absolute atomic E-state index is 0.301. The van der Waals surface area contributed by atoms with Crippen LogP contribution in [0.1, 0.15) is 37.4 Å². The van der Waals surface area contributed by atoms with Gasteiger partial charge in [-0.1, -0.05) is 0 Å². The normalized spacial score (nSPS) is 26.0. The first-order chi connectivity index (χ1) is 9.70. The zero-order valence-corrected chi connectivity index (χ0v) is 11.5. The molecular formula is C14H19N5O. The van der Waals surface area contributed by atoms with Crippen molar-refractivity contribution in [2.24, 2.45) is 0 Å². The van der Waals surface area contributed by atoms with Crippen LogP contribution in [0.5, 0.6) is 0 Å². The first-order valence-electron chi connectivity index (χ1n) is 7.39. The summed E-state index contributed by atoms with van der Waals surface area (Å²) in [5, 5.41) is 0. The number of carbonyl (C=O) groups excluding carboxylic acids is 1. The van der Waals surface area contributed by atoms with Crippen LogP contribution in [0.2, 0.25) is 0 Å². The van der Waals surface area contributed by atoms with Crippen molar-refractivity contribution in [3.05, 3.63) is 11.9 Å². The summed E-state index contributed by atoms with van der Waals surface area (Å²) in [7, 11) is 0. The fourth-order valence-electron chi connectivity index (χ4n) is 3.23. The molecule has 2 aliphatic heterocycles. The number of nitrogens with zero attached hydrogens (tertiary/aromatic N) is 4. The van der Waals surface area contributed by atoms with E-state index in [1.54, 1.807) is 0 Å². The fraction of sp³-hybridized carbons (Fsp3) is 0.643. The number of fused-ring (bicyclic) bond motifs is 1. The molecular weight excluding hydrogens is 254 g/mol. The molecule has 4 rings (SSSR count). The third-order valence-corrected chi connectivity index (χ3v) is 4.51. The molecule has 0 spiro atoms. The molecule has 20 heavy (non-hydrogen) atoms. The molecule has 3 fully saturated rings. The van der Waals surface area contributed by atoms with Gasteiger partial charge < -0.3 is 15.5 Å². The molecule has 1 saturated carbocycles. The minimum atomic E-state index is 0.301. The van der Waals surface area contributed by atoms with Crippen LogP contribution in [0.3, 0.4) is 0 Å². The average molecular weight is 273 g/mol. The predicted octanol–water partition coefficient (Wildman–Crippen LogP) is 0.747. The van der Waals surface area contributed by atoms with E-state index in [2.05, 4.69) is 14.9 Å². The second kappa shape index (κ2) is 4.33. The van der Waals surface area contributed by atoms with Crippen molar-refractivity contribution in [1.29, 1.82) is 0 Å². The monoisotopic (exact) mass is 273 g/mol. The molecule has 6 nitrogen and oxygen atoms in total. The molecule has 1 aromatic rings. The zero-order chi connectivity index (χ0) is 13.7. The Hall–Kier alpha value is -1.85. The Morgan fingerprint density at radius 1 is 1.20 bits per heavy atom. The highest BCUT2D eigenvalue weighted by molar-refractivity contribution is 5.79. The minimum Gasteiger partial charge on any atom is -0.384 e. The van der Waals surface area contributed by atoms with Gasteiger partial charge in [0.2, 0.25) is 5.91 Å². The topological polar surface area (TPSA) is 75.3 Å². The van der Waals surface area contributed by atoms with Crippen LogP contribution in [0, 0.1) is 0 Å². The lowest BCUT2D eigenvalue weighted by atomic mass is 10.1. The lowest BCUT2D eigenvalue weighted by Gasteiger charge is -2.38. The first kappa shape index (κ1) is 11.9. The van der Waals surface area contributed by atoms with E-state index in [9.17, 15) is 4.79 Å². The van der Waals surface area contributed by atoms with E-state index in [0.717, 1.165) is 37.7 Å². The Morgan fingerprint density at radius 2 is 2.05 bits per heavy atom. The molecule has 3 heterocycles. The van der Waals surface area contributed by atoms with Gasteiger partial charge in [0.25, 0.3) is 0 Å². The Bertz CT molecular complexity index is 556. The summed E-state index contributed by atoms with van der Waals surface area (Å²) in [6.07, 6.45) is 4.00. The molecule has 2 saturated heterocycles. The number of hydrogen-bond acceptors (Lipinski definition) is 5. The summed E-state index contributed by atoms with van der Waals surface area (Å²) in [6, 6.07) is 2.20. The third kappa shape index (κ3) is 1.99. The second-order valence-electron chi connectivity index (χ2n) is 6.01. The van der Waals surface area contributed by atoms with Crippen LogP contribution >= 0.6 is 0 Å². The molecule has 0 radical (unpaired) electrons. The number of aromatic nitrogens is 2. The molecule has 0 bridgehead atoms. The molecule has 1 unspecified atom stereocenters. The van der Waals surface area contributed by atoms with Crippen LogP contribution < -0.4 is 10.6 Å². The molecule has 1 atom stereocenters. The lowest BCUT2D eigenvalue weighted by Crippen LogP contribution is -2.51. The van der Waals surface area contributed by atoms with Gasteiger partial charge in [-0.15, -0.1) is 0 Å². The first-order valence-corrected chi connectivity index (χ1v) is 7.39.